The summed E-state index contributed by atoms with van der Waals surface area (Å²) in [6.07, 6.45) is 0.648. The summed E-state index contributed by atoms with van der Waals surface area (Å²) in [5.41, 5.74) is 0. The van der Waals surface area contributed by atoms with Gasteiger partial charge in [0, 0.05) is 20.6 Å². The normalized spacial score (nSPS) is 14.8. The third-order valence-electron chi connectivity index (χ3n) is 3.35. The van der Waals surface area contributed by atoms with Crippen LogP contribution in [-0.4, -0.2) is 54.6 Å². The van der Waals surface area contributed by atoms with Crippen molar-refractivity contribution in [3.63, 3.8) is 0 Å². The highest BCUT2D eigenvalue weighted by Crippen LogP contribution is 2.08. The van der Waals surface area contributed by atoms with E-state index >= 15 is 0 Å². The molecule has 0 spiro atoms. The Balaban J connectivity index is 4.57. The van der Waals surface area contributed by atoms with Crippen LogP contribution in [0.25, 0.3) is 0 Å². The lowest BCUT2D eigenvalue weighted by atomic mass is 9.99. The average molecular weight is 287 g/mol. The molecule has 0 saturated carbocycles. The summed E-state index contributed by atoms with van der Waals surface area (Å²) < 4.78 is 0. The summed E-state index contributed by atoms with van der Waals surface area (Å²) in [4.78, 5) is 35.8. The molecule has 0 heterocycles. The Morgan fingerprint density at radius 2 is 1.80 bits per heavy atom. The third-order valence-corrected chi connectivity index (χ3v) is 3.35. The molecule has 0 saturated heterocycles. The molecule has 0 aliphatic carbocycles. The first-order chi connectivity index (χ1) is 9.24. The number of amides is 3. The van der Waals surface area contributed by atoms with E-state index in [9.17, 15) is 14.4 Å². The molecular weight excluding hydrogens is 262 g/mol. The van der Waals surface area contributed by atoms with Gasteiger partial charge in [-0.25, -0.2) is 9.59 Å². The van der Waals surface area contributed by atoms with E-state index < -0.39 is 18.0 Å². The second-order valence-electron chi connectivity index (χ2n) is 5.05. The number of nitrogens with zero attached hydrogens (tertiary/aromatic N) is 1. The van der Waals surface area contributed by atoms with Crippen LogP contribution in [0.5, 0.6) is 0 Å². The van der Waals surface area contributed by atoms with Crippen LogP contribution in [-0.2, 0) is 9.59 Å². The molecule has 20 heavy (non-hydrogen) atoms. The van der Waals surface area contributed by atoms with Crippen molar-refractivity contribution in [3.05, 3.63) is 0 Å². The number of hydrogen-bond donors (Lipinski definition) is 3. The van der Waals surface area contributed by atoms with E-state index in [1.807, 2.05) is 6.92 Å². The second-order valence-corrected chi connectivity index (χ2v) is 5.05. The maximum Gasteiger partial charge on any atom is 0.326 e. The van der Waals surface area contributed by atoms with Crippen LogP contribution >= 0.6 is 0 Å². The molecule has 0 rings (SSSR count). The highest BCUT2D eigenvalue weighted by Gasteiger charge is 2.27. The summed E-state index contributed by atoms with van der Waals surface area (Å²) >= 11 is 0. The summed E-state index contributed by atoms with van der Waals surface area (Å²) in [5.74, 6) is -1.74. The fourth-order valence-electron chi connectivity index (χ4n) is 1.75. The number of aliphatic carboxylic acids is 1. The van der Waals surface area contributed by atoms with Crippen LogP contribution in [0.2, 0.25) is 0 Å². The number of rotatable bonds is 7. The monoisotopic (exact) mass is 287 g/mol. The van der Waals surface area contributed by atoms with Gasteiger partial charge in [0.25, 0.3) is 0 Å². The summed E-state index contributed by atoms with van der Waals surface area (Å²) in [7, 11) is 3.06. The third kappa shape index (κ3) is 5.46. The Morgan fingerprint density at radius 3 is 2.20 bits per heavy atom. The van der Waals surface area contributed by atoms with Gasteiger partial charge in [0.15, 0.2) is 0 Å². The van der Waals surface area contributed by atoms with Gasteiger partial charge in [0.1, 0.15) is 6.04 Å². The quantitative estimate of drug-likeness (QED) is 0.635. The number of carboxylic acids is 1. The van der Waals surface area contributed by atoms with E-state index in [0.29, 0.717) is 6.42 Å². The molecule has 0 radical (unpaired) electrons. The minimum absolute atomic E-state index is 0.165. The maximum atomic E-state index is 11.9. The minimum Gasteiger partial charge on any atom is -0.480 e. The molecule has 3 N–H and O–H groups in total. The van der Waals surface area contributed by atoms with Crippen molar-refractivity contribution in [2.45, 2.75) is 33.2 Å². The zero-order chi connectivity index (χ0) is 15.9. The predicted octanol–water partition coefficient (Wildman–Crippen LogP) is 0.509. The van der Waals surface area contributed by atoms with Gasteiger partial charge in [-0.2, -0.15) is 0 Å². The van der Waals surface area contributed by atoms with Crippen molar-refractivity contribution in [2.75, 3.05) is 20.6 Å². The van der Waals surface area contributed by atoms with Crippen molar-refractivity contribution in [1.82, 2.24) is 15.5 Å². The Kier molecular flexibility index (Phi) is 7.64. The number of nitrogens with one attached hydrogen (secondary N) is 2. The van der Waals surface area contributed by atoms with Gasteiger partial charge in [-0.05, 0) is 5.92 Å². The van der Waals surface area contributed by atoms with E-state index in [4.69, 9.17) is 5.11 Å². The van der Waals surface area contributed by atoms with Gasteiger partial charge >= 0.3 is 12.0 Å². The number of carbonyl (C=O) groups is 3. The minimum atomic E-state index is -1.06. The van der Waals surface area contributed by atoms with Crippen LogP contribution in [0, 0.1) is 11.8 Å². The molecule has 0 bridgehead atoms. The van der Waals surface area contributed by atoms with Crippen LogP contribution in [0.1, 0.15) is 27.2 Å². The zero-order valence-corrected chi connectivity index (χ0v) is 12.8. The van der Waals surface area contributed by atoms with Crippen molar-refractivity contribution in [3.8, 4) is 0 Å². The molecule has 1 unspecified atom stereocenters. The maximum absolute atomic E-state index is 11.9. The van der Waals surface area contributed by atoms with E-state index in [2.05, 4.69) is 10.6 Å². The van der Waals surface area contributed by atoms with Gasteiger partial charge in [-0.3, -0.25) is 4.79 Å². The summed E-state index contributed by atoms with van der Waals surface area (Å²) in [6, 6.07) is -1.42. The van der Waals surface area contributed by atoms with Crippen LogP contribution in [0.15, 0.2) is 0 Å². The Morgan fingerprint density at radius 1 is 1.25 bits per heavy atom. The SMILES string of the molecule is CC[C@H](C)[C@H](NC(=O)N(C)CC(C)C(=O)NC)C(=O)O. The molecule has 3 atom stereocenters. The molecule has 7 nitrogen and oxygen atoms in total. The number of carboxylic acid groups (broad SMARTS) is 1. The first-order valence-electron chi connectivity index (χ1n) is 6.70. The molecule has 0 aromatic heterocycles. The highest BCUT2D eigenvalue weighted by atomic mass is 16.4. The van der Waals surface area contributed by atoms with Crippen molar-refractivity contribution < 1.29 is 19.5 Å². The molecule has 0 aliphatic heterocycles. The van der Waals surface area contributed by atoms with E-state index in [1.165, 1.54) is 19.0 Å². The Hall–Kier alpha value is -1.79. The smallest absolute Gasteiger partial charge is 0.326 e. The molecule has 3 amide bonds. The Bertz CT molecular complexity index is 360. The zero-order valence-electron chi connectivity index (χ0n) is 12.8. The molecule has 7 heteroatoms. The first-order valence-corrected chi connectivity index (χ1v) is 6.70. The lowest BCUT2D eigenvalue weighted by Gasteiger charge is -2.25. The average Bonchev–Trinajstić information content (AvgIpc) is 2.41. The van der Waals surface area contributed by atoms with Crippen molar-refractivity contribution in [1.29, 1.82) is 0 Å². The number of urea groups is 1. The van der Waals surface area contributed by atoms with Gasteiger partial charge in [-0.15, -0.1) is 0 Å². The van der Waals surface area contributed by atoms with Gasteiger partial charge in [0.2, 0.25) is 5.91 Å². The Labute approximate surface area is 119 Å². The van der Waals surface area contributed by atoms with Gasteiger partial charge in [-0.1, -0.05) is 27.2 Å². The largest absolute Gasteiger partial charge is 0.480 e. The van der Waals surface area contributed by atoms with Crippen molar-refractivity contribution in [2.24, 2.45) is 11.8 Å². The fourth-order valence-corrected chi connectivity index (χ4v) is 1.75. The van der Waals surface area contributed by atoms with Crippen LogP contribution in [0.3, 0.4) is 0 Å². The van der Waals surface area contributed by atoms with Crippen LogP contribution < -0.4 is 10.6 Å². The molecule has 0 aromatic carbocycles. The standard InChI is InChI=1S/C13H25N3O4/c1-6-8(2)10(12(18)19)15-13(20)16(5)7-9(3)11(17)14-4/h8-10H,6-7H2,1-5H3,(H,14,17)(H,15,20)(H,18,19)/t8-,9?,10-/m0/s1. The van der Waals surface area contributed by atoms with Crippen LogP contribution in [0.4, 0.5) is 4.79 Å². The number of carbonyl (C=O) groups excluding carboxylic acids is 2. The molecule has 0 aromatic rings. The first kappa shape index (κ1) is 18.2. The number of hydrogen-bond acceptors (Lipinski definition) is 3. The molecule has 0 fully saturated rings. The fraction of sp³-hybridized carbons (Fsp3) is 0.769. The summed E-state index contributed by atoms with van der Waals surface area (Å²) in [6.45, 7) is 5.56. The summed E-state index contributed by atoms with van der Waals surface area (Å²) in [5, 5.41) is 14.1. The van der Waals surface area contributed by atoms with Crippen molar-refractivity contribution >= 4 is 17.9 Å². The highest BCUT2D eigenvalue weighted by molar-refractivity contribution is 5.83. The topological polar surface area (TPSA) is 98.7 Å². The predicted molar refractivity (Wildman–Crippen MR) is 75.3 cm³/mol. The van der Waals surface area contributed by atoms with E-state index in [0.717, 1.165) is 0 Å². The lowest BCUT2D eigenvalue weighted by molar-refractivity contribution is -0.140. The van der Waals surface area contributed by atoms with E-state index in [1.54, 1.807) is 13.8 Å². The molecule has 0 aliphatic rings. The lowest BCUT2D eigenvalue weighted by Crippen LogP contribution is -2.50. The van der Waals surface area contributed by atoms with Gasteiger partial charge < -0.3 is 20.6 Å². The van der Waals surface area contributed by atoms with E-state index in [-0.39, 0.29) is 24.3 Å². The van der Waals surface area contributed by atoms with Gasteiger partial charge in [0.05, 0.1) is 5.92 Å². The second kappa shape index (κ2) is 8.39. The molecule has 116 valence electrons. The molecular formula is C13H25N3O4.